The lowest BCUT2D eigenvalue weighted by atomic mass is 10.1. The third-order valence-corrected chi connectivity index (χ3v) is 5.04. The summed E-state index contributed by atoms with van der Waals surface area (Å²) in [6.07, 6.45) is 3.45. The minimum atomic E-state index is 0.441. The second-order valence-electron chi connectivity index (χ2n) is 4.51. The number of nitrogens with one attached hydrogen (secondary N) is 1. The van der Waals surface area contributed by atoms with E-state index >= 15 is 0 Å². The fourth-order valence-corrected chi connectivity index (χ4v) is 3.72. The molecule has 0 amide bonds. The number of rotatable bonds is 8. The van der Waals surface area contributed by atoms with Crippen LogP contribution in [0.4, 0.5) is 0 Å². The Morgan fingerprint density at radius 3 is 2.89 bits per heavy atom. The van der Waals surface area contributed by atoms with Gasteiger partial charge in [0.05, 0.1) is 7.11 Å². The Balaban J connectivity index is 1.98. The molecule has 0 aliphatic heterocycles. The van der Waals surface area contributed by atoms with Gasteiger partial charge in [0, 0.05) is 21.2 Å². The predicted octanol–water partition coefficient (Wildman–Crippen LogP) is 4.49. The molecule has 0 radical (unpaired) electrons. The molecule has 104 valence electrons. The first-order valence-corrected chi connectivity index (χ1v) is 8.47. The van der Waals surface area contributed by atoms with E-state index in [2.05, 4.69) is 41.2 Å². The molecule has 0 saturated carbocycles. The van der Waals surface area contributed by atoms with Crippen molar-refractivity contribution < 1.29 is 4.74 Å². The van der Waals surface area contributed by atoms with Crippen LogP contribution in [0.5, 0.6) is 5.75 Å². The molecule has 2 nitrogen and oxygen atoms in total. The number of methoxy groups -OCH3 is 1. The standard InChI is InChI=1S/C15H21NOS2/c1-3-8-16-14(7-6-13-5-4-9-18-13)15-10-12(17-2)11-19-15/h4-5,9-11,14,16H,3,6-8H2,1-2H3. The monoisotopic (exact) mass is 295 g/mol. The van der Waals surface area contributed by atoms with E-state index in [1.165, 1.54) is 9.75 Å². The van der Waals surface area contributed by atoms with Crippen LogP contribution < -0.4 is 10.1 Å². The Morgan fingerprint density at radius 2 is 2.26 bits per heavy atom. The lowest BCUT2D eigenvalue weighted by molar-refractivity contribution is 0.415. The van der Waals surface area contributed by atoms with Crippen molar-refractivity contribution in [2.75, 3.05) is 13.7 Å². The van der Waals surface area contributed by atoms with E-state index in [0.717, 1.165) is 31.6 Å². The van der Waals surface area contributed by atoms with Crippen molar-refractivity contribution >= 4 is 22.7 Å². The van der Waals surface area contributed by atoms with Crippen LogP contribution in [-0.2, 0) is 6.42 Å². The molecule has 2 heterocycles. The zero-order valence-electron chi connectivity index (χ0n) is 11.5. The molecule has 19 heavy (non-hydrogen) atoms. The molecule has 0 fully saturated rings. The molecule has 0 aliphatic rings. The van der Waals surface area contributed by atoms with Gasteiger partial charge in [-0.2, -0.15) is 0 Å². The number of aryl methyl sites for hydroxylation is 1. The highest BCUT2D eigenvalue weighted by atomic mass is 32.1. The molecular formula is C15H21NOS2. The van der Waals surface area contributed by atoms with Gasteiger partial charge < -0.3 is 10.1 Å². The van der Waals surface area contributed by atoms with Gasteiger partial charge in [-0.1, -0.05) is 13.0 Å². The summed E-state index contributed by atoms with van der Waals surface area (Å²) in [7, 11) is 1.73. The summed E-state index contributed by atoms with van der Waals surface area (Å²) >= 11 is 3.63. The zero-order valence-corrected chi connectivity index (χ0v) is 13.2. The minimum absolute atomic E-state index is 0.441. The molecule has 0 saturated heterocycles. The SMILES string of the molecule is CCCNC(CCc1cccs1)c1cc(OC)cs1. The third kappa shape index (κ3) is 4.34. The summed E-state index contributed by atoms with van der Waals surface area (Å²) < 4.78 is 5.28. The average molecular weight is 295 g/mol. The van der Waals surface area contributed by atoms with Gasteiger partial charge in [0.25, 0.3) is 0 Å². The molecule has 2 aromatic rings. The topological polar surface area (TPSA) is 21.3 Å². The van der Waals surface area contributed by atoms with Crippen molar-refractivity contribution in [3.8, 4) is 5.75 Å². The van der Waals surface area contributed by atoms with Crippen LogP contribution in [0.2, 0.25) is 0 Å². The molecule has 2 aromatic heterocycles. The normalized spacial score (nSPS) is 12.5. The smallest absolute Gasteiger partial charge is 0.129 e. The van der Waals surface area contributed by atoms with E-state index < -0.39 is 0 Å². The summed E-state index contributed by atoms with van der Waals surface area (Å²) in [6, 6.07) is 6.95. The molecule has 1 atom stereocenters. The maximum atomic E-state index is 5.28. The molecule has 4 heteroatoms. The molecule has 0 aromatic carbocycles. The highest BCUT2D eigenvalue weighted by Gasteiger charge is 2.13. The van der Waals surface area contributed by atoms with Crippen molar-refractivity contribution in [3.05, 3.63) is 38.7 Å². The van der Waals surface area contributed by atoms with E-state index in [0.29, 0.717) is 6.04 Å². The predicted molar refractivity (Wildman–Crippen MR) is 84.5 cm³/mol. The first kappa shape index (κ1) is 14.6. The second-order valence-corrected chi connectivity index (χ2v) is 6.49. The van der Waals surface area contributed by atoms with Gasteiger partial charge in [0.2, 0.25) is 0 Å². The van der Waals surface area contributed by atoms with Crippen LogP contribution in [0.25, 0.3) is 0 Å². The Bertz CT molecular complexity index is 464. The average Bonchev–Trinajstić information content (AvgIpc) is 3.09. The molecule has 1 N–H and O–H groups in total. The number of hydrogen-bond acceptors (Lipinski definition) is 4. The number of hydrogen-bond donors (Lipinski definition) is 1. The first-order chi connectivity index (χ1) is 9.33. The molecule has 0 spiro atoms. The van der Waals surface area contributed by atoms with Gasteiger partial charge in [-0.05, 0) is 43.3 Å². The maximum absolute atomic E-state index is 5.28. The Hall–Kier alpha value is -0.840. The van der Waals surface area contributed by atoms with Crippen LogP contribution in [0.1, 0.15) is 35.6 Å². The fraction of sp³-hybridized carbons (Fsp3) is 0.467. The van der Waals surface area contributed by atoms with Crippen LogP contribution in [0.3, 0.4) is 0 Å². The van der Waals surface area contributed by atoms with Gasteiger partial charge in [0.15, 0.2) is 0 Å². The molecular weight excluding hydrogens is 274 g/mol. The molecule has 0 bridgehead atoms. The van der Waals surface area contributed by atoms with Crippen LogP contribution in [-0.4, -0.2) is 13.7 Å². The highest BCUT2D eigenvalue weighted by Crippen LogP contribution is 2.30. The van der Waals surface area contributed by atoms with Crippen molar-refractivity contribution in [1.29, 1.82) is 0 Å². The summed E-state index contributed by atoms with van der Waals surface area (Å²) in [5.41, 5.74) is 0. The maximum Gasteiger partial charge on any atom is 0.129 e. The first-order valence-electron chi connectivity index (χ1n) is 6.71. The van der Waals surface area contributed by atoms with Gasteiger partial charge >= 0.3 is 0 Å². The van der Waals surface area contributed by atoms with Gasteiger partial charge in [-0.25, -0.2) is 0 Å². The Morgan fingerprint density at radius 1 is 1.37 bits per heavy atom. The van der Waals surface area contributed by atoms with Crippen LogP contribution in [0, 0.1) is 0 Å². The minimum Gasteiger partial charge on any atom is -0.496 e. The number of thiophene rings is 2. The van der Waals surface area contributed by atoms with Crippen molar-refractivity contribution in [2.45, 2.75) is 32.2 Å². The zero-order chi connectivity index (χ0) is 13.5. The largest absolute Gasteiger partial charge is 0.496 e. The van der Waals surface area contributed by atoms with Crippen LogP contribution in [0.15, 0.2) is 29.0 Å². The van der Waals surface area contributed by atoms with Crippen molar-refractivity contribution in [1.82, 2.24) is 5.32 Å². The third-order valence-electron chi connectivity index (χ3n) is 3.08. The molecule has 0 aliphatic carbocycles. The Labute approximate surface area is 123 Å². The van der Waals surface area contributed by atoms with E-state index in [-0.39, 0.29) is 0 Å². The molecule has 1 unspecified atom stereocenters. The highest BCUT2D eigenvalue weighted by molar-refractivity contribution is 7.10. The van der Waals surface area contributed by atoms with E-state index in [1.807, 2.05) is 11.3 Å². The van der Waals surface area contributed by atoms with E-state index in [9.17, 15) is 0 Å². The quantitative estimate of drug-likeness (QED) is 0.774. The summed E-state index contributed by atoms with van der Waals surface area (Å²) in [4.78, 5) is 2.84. The van der Waals surface area contributed by atoms with E-state index in [4.69, 9.17) is 4.74 Å². The van der Waals surface area contributed by atoms with Crippen molar-refractivity contribution in [2.24, 2.45) is 0 Å². The van der Waals surface area contributed by atoms with Gasteiger partial charge in [0.1, 0.15) is 5.75 Å². The second kappa shape index (κ2) is 7.68. The summed E-state index contributed by atoms with van der Waals surface area (Å²) in [5.74, 6) is 0.972. The van der Waals surface area contributed by atoms with Gasteiger partial charge in [-0.15, -0.1) is 22.7 Å². The summed E-state index contributed by atoms with van der Waals surface area (Å²) in [6.45, 7) is 3.27. The number of ether oxygens (including phenoxy) is 1. The summed E-state index contributed by atoms with van der Waals surface area (Å²) in [5, 5.41) is 7.88. The van der Waals surface area contributed by atoms with E-state index in [1.54, 1.807) is 18.4 Å². The van der Waals surface area contributed by atoms with Gasteiger partial charge in [-0.3, -0.25) is 0 Å². The Kier molecular flexibility index (Phi) is 5.89. The molecule has 2 rings (SSSR count). The van der Waals surface area contributed by atoms with Crippen LogP contribution >= 0.6 is 22.7 Å². The lowest BCUT2D eigenvalue weighted by Crippen LogP contribution is -2.21. The fourth-order valence-electron chi connectivity index (χ4n) is 2.03. The lowest BCUT2D eigenvalue weighted by Gasteiger charge is -2.16. The van der Waals surface area contributed by atoms with Crippen molar-refractivity contribution in [3.63, 3.8) is 0 Å².